The molecule has 12 heavy (non-hydrogen) atoms. The molecule has 5 nitrogen and oxygen atoms in total. The van der Waals surface area contributed by atoms with Gasteiger partial charge in [-0.25, -0.2) is 0 Å². The van der Waals surface area contributed by atoms with Crippen molar-refractivity contribution in [1.29, 1.82) is 0 Å². The molecule has 1 aliphatic heterocycles. The van der Waals surface area contributed by atoms with Crippen LogP contribution >= 0.6 is 0 Å². The second kappa shape index (κ2) is 3.84. The number of esters is 1. The van der Waals surface area contributed by atoms with Gasteiger partial charge in [0, 0.05) is 6.92 Å². The molecule has 0 amide bonds. The Morgan fingerprint density at radius 2 is 2.42 bits per heavy atom. The Balaban J connectivity index is 2.43. The van der Waals surface area contributed by atoms with Crippen LogP contribution in [0.3, 0.4) is 0 Å². The summed E-state index contributed by atoms with van der Waals surface area (Å²) in [6, 6.07) is 0. The highest BCUT2D eigenvalue weighted by Crippen LogP contribution is 2.16. The molecule has 1 saturated heterocycles. The van der Waals surface area contributed by atoms with Crippen LogP contribution in [0.15, 0.2) is 0 Å². The van der Waals surface area contributed by atoms with Crippen LogP contribution < -0.4 is 0 Å². The van der Waals surface area contributed by atoms with Gasteiger partial charge in [-0.2, -0.15) is 0 Å². The van der Waals surface area contributed by atoms with E-state index in [1.165, 1.54) is 6.92 Å². The molecule has 70 valence electrons. The van der Waals surface area contributed by atoms with Crippen LogP contribution in [0.25, 0.3) is 0 Å². The third-order valence-electron chi connectivity index (χ3n) is 1.73. The molecule has 0 radical (unpaired) electrons. The van der Waals surface area contributed by atoms with E-state index in [-0.39, 0.29) is 13.2 Å². The molecule has 0 aromatic carbocycles. The lowest BCUT2D eigenvalue weighted by atomic mass is 10.1. The molecule has 0 aliphatic carbocycles. The molecule has 0 spiro atoms. The lowest BCUT2D eigenvalue weighted by molar-refractivity contribution is -0.150. The van der Waals surface area contributed by atoms with Crippen LogP contribution in [0, 0.1) is 0 Å². The number of ether oxygens (including phenoxy) is 2. The van der Waals surface area contributed by atoms with E-state index in [0.29, 0.717) is 0 Å². The minimum atomic E-state index is -0.918. The van der Waals surface area contributed by atoms with E-state index in [4.69, 9.17) is 14.6 Å². The Labute approximate surface area is 69.9 Å². The van der Waals surface area contributed by atoms with Crippen LogP contribution in [0.2, 0.25) is 0 Å². The molecule has 5 heteroatoms. The number of aliphatic hydroxyl groups excluding tert-OH is 2. The van der Waals surface area contributed by atoms with Crippen LogP contribution in [-0.4, -0.2) is 47.7 Å². The summed E-state index contributed by atoms with van der Waals surface area (Å²) < 4.78 is 9.68. The zero-order valence-electron chi connectivity index (χ0n) is 6.77. The van der Waals surface area contributed by atoms with Crippen LogP contribution in [0.5, 0.6) is 0 Å². The Bertz CT molecular complexity index is 169. The van der Waals surface area contributed by atoms with Gasteiger partial charge in [0.25, 0.3) is 0 Å². The van der Waals surface area contributed by atoms with Gasteiger partial charge < -0.3 is 19.7 Å². The van der Waals surface area contributed by atoms with Gasteiger partial charge in [-0.1, -0.05) is 0 Å². The minimum Gasteiger partial charge on any atom is -0.457 e. The number of hydrogen-bond donors (Lipinski definition) is 2. The molecule has 0 bridgehead atoms. The number of aliphatic hydroxyl groups is 2. The number of carbonyl (C=O) groups excluding carboxylic acids is 1. The van der Waals surface area contributed by atoms with Gasteiger partial charge in [-0.05, 0) is 0 Å². The van der Waals surface area contributed by atoms with E-state index in [1.54, 1.807) is 0 Å². The van der Waals surface area contributed by atoms with E-state index < -0.39 is 24.3 Å². The summed E-state index contributed by atoms with van der Waals surface area (Å²) in [5.41, 5.74) is 0. The van der Waals surface area contributed by atoms with Crippen molar-refractivity contribution in [3.8, 4) is 0 Å². The molecule has 1 aliphatic rings. The summed E-state index contributed by atoms with van der Waals surface area (Å²) in [4.78, 5) is 10.5. The molecule has 1 rings (SSSR count). The fourth-order valence-corrected chi connectivity index (χ4v) is 1.13. The molecular weight excluding hydrogens is 164 g/mol. The zero-order chi connectivity index (χ0) is 9.14. The maximum Gasteiger partial charge on any atom is 0.303 e. The lowest BCUT2D eigenvalue weighted by Gasteiger charge is -2.14. The average Bonchev–Trinajstić information content (AvgIpc) is 2.32. The van der Waals surface area contributed by atoms with Gasteiger partial charge in [0.05, 0.1) is 13.2 Å². The van der Waals surface area contributed by atoms with Crippen molar-refractivity contribution < 1.29 is 24.5 Å². The van der Waals surface area contributed by atoms with Gasteiger partial charge in [0.1, 0.15) is 12.2 Å². The topological polar surface area (TPSA) is 76.0 Å². The molecule has 0 unspecified atom stereocenters. The minimum absolute atomic E-state index is 0.145. The fraction of sp³-hybridized carbons (Fsp3) is 0.857. The van der Waals surface area contributed by atoms with Gasteiger partial charge in [-0.3, -0.25) is 4.79 Å². The largest absolute Gasteiger partial charge is 0.457 e. The SMILES string of the molecule is CC(=O)O[C@@H]1CO[C@H](CO)[C@@H]1O. The summed E-state index contributed by atoms with van der Waals surface area (Å²) in [7, 11) is 0. The van der Waals surface area contributed by atoms with Crippen molar-refractivity contribution in [3.05, 3.63) is 0 Å². The molecule has 0 aromatic rings. The van der Waals surface area contributed by atoms with Gasteiger partial charge in [-0.15, -0.1) is 0 Å². The predicted molar refractivity (Wildman–Crippen MR) is 38.4 cm³/mol. The van der Waals surface area contributed by atoms with E-state index in [0.717, 1.165) is 0 Å². The molecule has 1 fully saturated rings. The van der Waals surface area contributed by atoms with Crippen LogP contribution in [0.4, 0.5) is 0 Å². The van der Waals surface area contributed by atoms with Crippen molar-refractivity contribution in [2.75, 3.05) is 13.2 Å². The van der Waals surface area contributed by atoms with Crippen molar-refractivity contribution in [2.45, 2.75) is 25.2 Å². The Morgan fingerprint density at radius 1 is 1.75 bits per heavy atom. The summed E-state index contributed by atoms with van der Waals surface area (Å²) >= 11 is 0. The van der Waals surface area contributed by atoms with E-state index in [9.17, 15) is 9.90 Å². The molecule has 2 N–H and O–H groups in total. The molecule has 1 heterocycles. The summed E-state index contributed by atoms with van der Waals surface area (Å²) in [5, 5.41) is 18.0. The number of hydrogen-bond acceptors (Lipinski definition) is 5. The van der Waals surface area contributed by atoms with E-state index in [1.807, 2.05) is 0 Å². The van der Waals surface area contributed by atoms with E-state index in [2.05, 4.69) is 0 Å². The quantitative estimate of drug-likeness (QED) is 0.510. The number of rotatable bonds is 2. The third kappa shape index (κ3) is 1.94. The zero-order valence-corrected chi connectivity index (χ0v) is 6.77. The van der Waals surface area contributed by atoms with Crippen LogP contribution in [-0.2, 0) is 14.3 Å². The normalized spacial score (nSPS) is 35.1. The highest BCUT2D eigenvalue weighted by molar-refractivity contribution is 5.66. The second-order valence-electron chi connectivity index (χ2n) is 2.69. The monoisotopic (exact) mass is 176 g/mol. The first-order valence-electron chi connectivity index (χ1n) is 3.73. The van der Waals surface area contributed by atoms with E-state index >= 15 is 0 Å². The second-order valence-corrected chi connectivity index (χ2v) is 2.69. The van der Waals surface area contributed by atoms with Crippen molar-refractivity contribution >= 4 is 5.97 Å². The highest BCUT2D eigenvalue weighted by Gasteiger charge is 2.37. The molecule has 0 saturated carbocycles. The number of carbonyl (C=O) groups is 1. The summed E-state index contributed by atoms with van der Waals surface area (Å²) in [6.45, 7) is 1.14. The van der Waals surface area contributed by atoms with Crippen molar-refractivity contribution in [3.63, 3.8) is 0 Å². The Hall–Kier alpha value is -0.650. The Kier molecular flexibility index (Phi) is 3.02. The molecule has 3 atom stereocenters. The smallest absolute Gasteiger partial charge is 0.303 e. The van der Waals surface area contributed by atoms with Crippen LogP contribution in [0.1, 0.15) is 6.92 Å². The standard InChI is InChI=1S/C7H12O5/c1-4(9)12-6-3-11-5(2-8)7(6)10/h5-8,10H,2-3H2,1H3/t5-,6-,7+/m1/s1. The highest BCUT2D eigenvalue weighted by atomic mass is 16.6. The first-order valence-corrected chi connectivity index (χ1v) is 3.73. The maximum atomic E-state index is 10.5. The summed E-state index contributed by atoms with van der Waals surface area (Å²) in [6.07, 6.45) is -2.19. The first-order chi connectivity index (χ1) is 5.65. The fourth-order valence-electron chi connectivity index (χ4n) is 1.13. The maximum absolute atomic E-state index is 10.5. The third-order valence-corrected chi connectivity index (χ3v) is 1.73. The summed E-state index contributed by atoms with van der Waals surface area (Å²) in [5.74, 6) is -0.457. The van der Waals surface area contributed by atoms with Gasteiger partial charge in [0.2, 0.25) is 0 Å². The van der Waals surface area contributed by atoms with Gasteiger partial charge in [0.15, 0.2) is 6.10 Å². The van der Waals surface area contributed by atoms with Crippen molar-refractivity contribution in [2.24, 2.45) is 0 Å². The molecule has 0 aromatic heterocycles. The average molecular weight is 176 g/mol. The van der Waals surface area contributed by atoms with Crippen molar-refractivity contribution in [1.82, 2.24) is 0 Å². The lowest BCUT2D eigenvalue weighted by Crippen LogP contribution is -2.34. The predicted octanol–water partition coefficient (Wildman–Crippen LogP) is -1.33. The molecular formula is C7H12O5. The van der Waals surface area contributed by atoms with Gasteiger partial charge >= 0.3 is 5.97 Å². The first kappa shape index (κ1) is 9.44. The Morgan fingerprint density at radius 3 is 2.83 bits per heavy atom.